The molecule has 14 heavy (non-hydrogen) atoms. The first-order valence-corrected chi connectivity index (χ1v) is 5.04. The largest absolute Gasteiger partial charge is 0.494 e. The minimum atomic E-state index is -0.127. The summed E-state index contributed by atoms with van der Waals surface area (Å²) in [4.78, 5) is 11.2. The highest BCUT2D eigenvalue weighted by molar-refractivity contribution is 5.72. The molecule has 0 aromatic carbocycles. The maximum atomic E-state index is 11.2. The van der Waals surface area contributed by atoms with Gasteiger partial charge in [0.15, 0.2) is 0 Å². The standard InChI is InChI=1S/C11H16O3/c1-7-4-9(12)14-8-5-11(2,3)6-13-10(7)8/h7H,4-6H2,1-3H3/t7-/m0/s1. The lowest BCUT2D eigenvalue weighted by Gasteiger charge is -2.36. The van der Waals surface area contributed by atoms with Crippen LogP contribution >= 0.6 is 0 Å². The Kier molecular flexibility index (Phi) is 2.05. The van der Waals surface area contributed by atoms with Crippen molar-refractivity contribution in [3.63, 3.8) is 0 Å². The second-order valence-electron chi connectivity index (χ2n) is 5.00. The monoisotopic (exact) mass is 196 g/mol. The Bertz CT molecular complexity index is 302. The molecule has 3 nitrogen and oxygen atoms in total. The van der Waals surface area contributed by atoms with Crippen molar-refractivity contribution in [1.82, 2.24) is 0 Å². The fourth-order valence-corrected chi connectivity index (χ4v) is 1.95. The van der Waals surface area contributed by atoms with Crippen molar-refractivity contribution < 1.29 is 14.3 Å². The van der Waals surface area contributed by atoms with Crippen molar-refractivity contribution in [2.75, 3.05) is 6.61 Å². The van der Waals surface area contributed by atoms with Crippen molar-refractivity contribution in [2.24, 2.45) is 11.3 Å². The van der Waals surface area contributed by atoms with Gasteiger partial charge in [-0.1, -0.05) is 20.8 Å². The van der Waals surface area contributed by atoms with E-state index >= 15 is 0 Å². The average molecular weight is 196 g/mol. The van der Waals surface area contributed by atoms with E-state index < -0.39 is 0 Å². The van der Waals surface area contributed by atoms with E-state index in [9.17, 15) is 4.79 Å². The fourth-order valence-electron chi connectivity index (χ4n) is 1.95. The highest BCUT2D eigenvalue weighted by atomic mass is 16.6. The number of carbonyl (C=O) groups is 1. The molecule has 0 spiro atoms. The summed E-state index contributed by atoms with van der Waals surface area (Å²) in [6.45, 7) is 6.95. The summed E-state index contributed by atoms with van der Waals surface area (Å²) in [5, 5.41) is 0. The normalized spacial score (nSPS) is 30.5. The summed E-state index contributed by atoms with van der Waals surface area (Å²) in [5.41, 5.74) is 0.0795. The molecule has 0 amide bonds. The third-order valence-corrected chi connectivity index (χ3v) is 2.69. The molecule has 3 heteroatoms. The molecule has 0 radical (unpaired) electrons. The summed E-state index contributed by atoms with van der Waals surface area (Å²) >= 11 is 0. The van der Waals surface area contributed by atoms with Gasteiger partial charge in [0.25, 0.3) is 0 Å². The summed E-state index contributed by atoms with van der Waals surface area (Å²) < 4.78 is 10.9. The van der Waals surface area contributed by atoms with Crippen molar-refractivity contribution in [1.29, 1.82) is 0 Å². The molecule has 0 unspecified atom stereocenters. The van der Waals surface area contributed by atoms with E-state index in [2.05, 4.69) is 13.8 Å². The minimum absolute atomic E-state index is 0.0795. The third-order valence-electron chi connectivity index (χ3n) is 2.69. The number of rotatable bonds is 0. The van der Waals surface area contributed by atoms with Gasteiger partial charge < -0.3 is 9.47 Å². The van der Waals surface area contributed by atoms with Gasteiger partial charge in [0.1, 0.15) is 11.5 Å². The molecule has 0 aliphatic carbocycles. The molecule has 0 saturated heterocycles. The Balaban J connectivity index is 2.27. The van der Waals surface area contributed by atoms with Crippen molar-refractivity contribution in [3.05, 3.63) is 11.5 Å². The van der Waals surface area contributed by atoms with Crippen LogP contribution in [0.1, 0.15) is 33.6 Å². The van der Waals surface area contributed by atoms with Gasteiger partial charge in [0, 0.05) is 17.8 Å². The molecular weight excluding hydrogens is 180 g/mol. The molecule has 0 N–H and O–H groups in total. The lowest BCUT2D eigenvalue weighted by Crippen LogP contribution is -2.32. The second-order valence-corrected chi connectivity index (χ2v) is 5.00. The molecule has 2 rings (SSSR count). The molecule has 2 aliphatic heterocycles. The van der Waals surface area contributed by atoms with Gasteiger partial charge in [-0.2, -0.15) is 0 Å². The van der Waals surface area contributed by atoms with Crippen molar-refractivity contribution in [3.8, 4) is 0 Å². The molecule has 78 valence electrons. The van der Waals surface area contributed by atoms with Gasteiger partial charge >= 0.3 is 5.97 Å². The second kappa shape index (κ2) is 3.01. The molecular formula is C11H16O3. The van der Waals surface area contributed by atoms with Crippen LogP contribution in [-0.2, 0) is 14.3 Å². The summed E-state index contributed by atoms with van der Waals surface area (Å²) in [5.74, 6) is 1.70. The lowest BCUT2D eigenvalue weighted by molar-refractivity contribution is -0.145. The Morgan fingerprint density at radius 1 is 1.43 bits per heavy atom. The molecule has 2 heterocycles. The molecule has 0 fully saturated rings. The SMILES string of the molecule is C[C@H]1CC(=O)OC2=C1OCC(C)(C)C2. The first-order valence-electron chi connectivity index (χ1n) is 5.04. The minimum Gasteiger partial charge on any atom is -0.494 e. The summed E-state index contributed by atoms with van der Waals surface area (Å²) in [6, 6.07) is 0. The Labute approximate surface area is 84.1 Å². The van der Waals surface area contributed by atoms with E-state index in [-0.39, 0.29) is 17.3 Å². The van der Waals surface area contributed by atoms with Crippen LogP contribution in [0.2, 0.25) is 0 Å². The number of allylic oxidation sites excluding steroid dienone is 2. The first kappa shape index (κ1) is 9.56. The zero-order valence-corrected chi connectivity index (χ0v) is 8.92. The van der Waals surface area contributed by atoms with Crippen LogP contribution < -0.4 is 0 Å². The Hall–Kier alpha value is -0.990. The zero-order chi connectivity index (χ0) is 10.3. The van der Waals surface area contributed by atoms with E-state index in [0.717, 1.165) is 17.9 Å². The summed E-state index contributed by atoms with van der Waals surface area (Å²) in [6.07, 6.45) is 1.25. The van der Waals surface area contributed by atoms with Crippen molar-refractivity contribution >= 4 is 5.97 Å². The summed E-state index contributed by atoms with van der Waals surface area (Å²) in [7, 11) is 0. The van der Waals surface area contributed by atoms with Gasteiger partial charge in [-0.3, -0.25) is 4.79 Å². The van der Waals surface area contributed by atoms with E-state index in [0.29, 0.717) is 13.0 Å². The number of hydrogen-bond acceptors (Lipinski definition) is 3. The van der Waals surface area contributed by atoms with Crippen LogP contribution in [0.3, 0.4) is 0 Å². The molecule has 0 saturated carbocycles. The molecule has 2 aliphatic rings. The van der Waals surface area contributed by atoms with Crippen LogP contribution in [0.25, 0.3) is 0 Å². The highest BCUT2D eigenvalue weighted by Crippen LogP contribution is 2.39. The van der Waals surface area contributed by atoms with Crippen LogP contribution in [0.5, 0.6) is 0 Å². The van der Waals surface area contributed by atoms with Gasteiger partial charge in [-0.25, -0.2) is 0 Å². The smallest absolute Gasteiger partial charge is 0.311 e. The van der Waals surface area contributed by atoms with Crippen LogP contribution in [0, 0.1) is 11.3 Å². The topological polar surface area (TPSA) is 35.5 Å². The molecule has 0 aromatic heterocycles. The molecule has 0 bridgehead atoms. The van der Waals surface area contributed by atoms with Gasteiger partial charge in [0.2, 0.25) is 0 Å². The van der Waals surface area contributed by atoms with Crippen LogP contribution in [0.4, 0.5) is 0 Å². The quantitative estimate of drug-likeness (QED) is 0.557. The van der Waals surface area contributed by atoms with Crippen molar-refractivity contribution in [2.45, 2.75) is 33.6 Å². The third kappa shape index (κ3) is 1.63. The number of esters is 1. The number of carbonyl (C=O) groups excluding carboxylic acids is 1. The van der Waals surface area contributed by atoms with Gasteiger partial charge in [0.05, 0.1) is 13.0 Å². The molecule has 0 aromatic rings. The van der Waals surface area contributed by atoms with Gasteiger partial charge in [-0.15, -0.1) is 0 Å². The van der Waals surface area contributed by atoms with E-state index in [1.165, 1.54) is 0 Å². The first-order chi connectivity index (χ1) is 6.48. The number of ether oxygens (including phenoxy) is 2. The fraction of sp³-hybridized carbons (Fsp3) is 0.727. The predicted molar refractivity (Wildman–Crippen MR) is 51.2 cm³/mol. The number of hydrogen-bond donors (Lipinski definition) is 0. The zero-order valence-electron chi connectivity index (χ0n) is 8.92. The van der Waals surface area contributed by atoms with Crippen LogP contribution in [0.15, 0.2) is 11.5 Å². The molecule has 1 atom stereocenters. The Morgan fingerprint density at radius 3 is 2.86 bits per heavy atom. The van der Waals surface area contributed by atoms with Crippen LogP contribution in [-0.4, -0.2) is 12.6 Å². The highest BCUT2D eigenvalue weighted by Gasteiger charge is 2.36. The van der Waals surface area contributed by atoms with E-state index in [4.69, 9.17) is 9.47 Å². The Morgan fingerprint density at radius 2 is 2.14 bits per heavy atom. The average Bonchev–Trinajstić information content (AvgIpc) is 2.00. The lowest BCUT2D eigenvalue weighted by atomic mass is 9.85. The maximum Gasteiger partial charge on any atom is 0.311 e. The van der Waals surface area contributed by atoms with E-state index in [1.807, 2.05) is 6.92 Å². The van der Waals surface area contributed by atoms with Gasteiger partial charge in [-0.05, 0) is 0 Å². The van der Waals surface area contributed by atoms with E-state index in [1.54, 1.807) is 0 Å². The maximum absolute atomic E-state index is 11.2. The predicted octanol–water partition coefficient (Wildman–Crippen LogP) is 2.23.